The van der Waals surface area contributed by atoms with Crippen LogP contribution < -0.4 is 21.3 Å². The summed E-state index contributed by atoms with van der Waals surface area (Å²) in [7, 11) is 0. The number of nitrogens with one attached hydrogen (secondary N) is 4. The number of hydrogen-bond donors (Lipinski definition) is 4. The first kappa shape index (κ1) is 124. The Morgan fingerprint density at radius 2 is 0.407 bits per heavy atom. The van der Waals surface area contributed by atoms with Crippen molar-refractivity contribution < 1.29 is 16.4 Å². The predicted octanol–water partition coefficient (Wildman–Crippen LogP) is 29.2. The van der Waals surface area contributed by atoms with Crippen LogP contribution in [0.3, 0.4) is 0 Å². The minimum Gasteiger partial charge on any atom is -0.412 e. The van der Waals surface area contributed by atoms with Gasteiger partial charge in [0.2, 0.25) is 0 Å². The van der Waals surface area contributed by atoms with E-state index in [1.807, 2.05) is 72.8 Å². The van der Waals surface area contributed by atoms with Crippen molar-refractivity contribution in [2.24, 2.45) is 0 Å². The van der Waals surface area contributed by atoms with Gasteiger partial charge in [0.05, 0.1) is 66.9 Å². The molecule has 728 valence electrons. The highest BCUT2D eigenvalue weighted by atomic mass is 35.5. The second-order valence-corrected chi connectivity index (χ2v) is 33.9. The van der Waals surface area contributed by atoms with Gasteiger partial charge in [0.15, 0.2) is 0 Å². The summed E-state index contributed by atoms with van der Waals surface area (Å²) in [5.41, 5.74) is 21.5. The number of aromatic nitrogens is 4. The molecule has 0 fully saturated rings. The lowest BCUT2D eigenvalue weighted by molar-refractivity contribution is 0.304. The van der Waals surface area contributed by atoms with Gasteiger partial charge < -0.3 is 57.3 Å². The number of fused-ring (bicyclic) bond motifs is 8. The number of hydrogen-bond acceptors (Lipinski definition) is 12. The van der Waals surface area contributed by atoms with Crippen molar-refractivity contribution in [3.05, 3.63) is 287 Å². The van der Waals surface area contributed by atoms with Gasteiger partial charge in [-0.3, -0.25) is 0 Å². The second-order valence-electron chi connectivity index (χ2n) is 30.6. The van der Waals surface area contributed by atoms with E-state index < -0.39 is 0 Å². The lowest BCUT2D eigenvalue weighted by Gasteiger charge is -2.20. The summed E-state index contributed by atoms with van der Waals surface area (Å²) in [5.74, 6) is 2.68. The molecule has 0 saturated heterocycles. The van der Waals surface area contributed by atoms with Gasteiger partial charge in [-0.1, -0.05) is 220 Å². The molecule has 0 unspecified atom stereocenters. The summed E-state index contributed by atoms with van der Waals surface area (Å²) < 4.78 is 0. The number of nitrogens with zero attached hydrogens (tertiary/aromatic N) is 8. The van der Waals surface area contributed by atoms with Crippen LogP contribution in [0.25, 0.3) is 132 Å². The zero-order valence-corrected chi connectivity index (χ0v) is 88.3. The van der Waals surface area contributed by atoms with Crippen LogP contribution >= 0.6 is 192 Å². The molecule has 16 aromatic rings. The third-order valence-electron chi connectivity index (χ3n) is 22.6. The molecule has 0 atom stereocenters. The van der Waals surface area contributed by atoms with Crippen LogP contribution in [0, 0.1) is 0 Å². The molecule has 4 aromatic heterocycles. The summed E-state index contributed by atoms with van der Waals surface area (Å²) >= 11 is 48.7. The number of halogens is 16. The molecular weight excluding hydrogens is 2030 g/mol. The van der Waals surface area contributed by atoms with Gasteiger partial charge >= 0.3 is 0 Å². The predicted molar refractivity (Wildman–Crippen MR) is 611 cm³/mol. The van der Waals surface area contributed by atoms with E-state index in [-0.39, 0.29) is 116 Å². The van der Waals surface area contributed by atoms with Crippen LogP contribution in [0.1, 0.15) is 53.4 Å². The maximum atomic E-state index is 6.26. The standard InChI is InChI=1S/4C26H27Cl2N3.8ClH.3H2O/c4*1-2-31(16-13-27)15-6-14-29-26-22-11-10-21(28)18-25(22)30-24-12-9-20(17-23(24)26)19-7-4-3-5-8-19;;;;;;;;;;;/h4*3-5,7-12,17-18H,2,6,13-16H2,1H3,(H,29,30);8*1H;3*1H2. The van der Waals surface area contributed by atoms with Crippen molar-refractivity contribution in [3.8, 4) is 44.5 Å². The highest BCUT2D eigenvalue weighted by Crippen LogP contribution is 2.41. The number of benzene rings is 12. The van der Waals surface area contributed by atoms with Crippen molar-refractivity contribution in [3.63, 3.8) is 0 Å². The summed E-state index contributed by atoms with van der Waals surface area (Å²) in [5, 5.41) is 26.5. The second kappa shape index (κ2) is 64.3. The van der Waals surface area contributed by atoms with Crippen LogP contribution in [-0.4, -0.2) is 184 Å². The van der Waals surface area contributed by atoms with Gasteiger partial charge in [-0.05, 0) is 244 Å². The molecule has 0 bridgehead atoms. The number of anilines is 4. The SMILES string of the molecule is CCN(CCCl)CCCNc1c2ccc(Cl)cc2nc2ccc(-c3ccccc3)cc12.CCN(CCCl)CCCNc1c2ccc(Cl)cc2nc2ccc(-c3ccccc3)cc12.CCN(CCCl)CCCNc1c2ccc(Cl)cc2nc2ccc(-c3ccccc3)cc12.CCN(CCCl)CCCNc1c2ccc(Cl)cc2nc2ccc(-c3ccccc3)cc12.Cl.Cl.Cl.Cl.Cl.Cl.Cl.Cl.O.O.O. The Morgan fingerprint density at radius 3 is 0.585 bits per heavy atom. The first-order chi connectivity index (χ1) is 60.8. The third-order valence-corrected chi connectivity index (χ3v) is 24.2. The molecule has 0 amide bonds. The molecule has 0 spiro atoms. The summed E-state index contributed by atoms with van der Waals surface area (Å²) in [6, 6.07) is 91.4. The Labute approximate surface area is 884 Å². The molecule has 4 heterocycles. The molecule has 135 heavy (non-hydrogen) atoms. The molecule has 0 saturated carbocycles. The molecule has 0 radical (unpaired) electrons. The molecule has 31 heteroatoms. The highest BCUT2D eigenvalue weighted by molar-refractivity contribution is 6.33. The van der Waals surface area contributed by atoms with E-state index in [0.29, 0.717) is 43.6 Å². The summed E-state index contributed by atoms with van der Waals surface area (Å²) in [6.45, 7) is 24.1. The van der Waals surface area contributed by atoms with Crippen molar-refractivity contribution in [2.45, 2.75) is 53.4 Å². The van der Waals surface area contributed by atoms with Gasteiger partial charge in [0, 0.05) is 139 Å². The Bertz CT molecular complexity index is 5440. The van der Waals surface area contributed by atoms with Crippen LogP contribution in [-0.2, 0) is 0 Å². The van der Waals surface area contributed by atoms with Crippen molar-refractivity contribution in [1.29, 1.82) is 0 Å². The molecule has 0 aliphatic heterocycles. The van der Waals surface area contributed by atoms with E-state index in [1.165, 1.54) is 44.5 Å². The van der Waals surface area contributed by atoms with Crippen LogP contribution in [0.2, 0.25) is 20.1 Å². The maximum absolute atomic E-state index is 6.26. The molecular formula is C104H122Cl16N12O3. The molecule has 0 aliphatic rings. The average Bonchev–Trinajstić information content (AvgIpc) is 0.779. The fraction of sp³-hybridized carbons (Fsp3) is 0.269. The number of alkyl halides is 4. The van der Waals surface area contributed by atoms with E-state index in [4.69, 9.17) is 113 Å². The van der Waals surface area contributed by atoms with Gasteiger partial charge in [-0.2, -0.15) is 0 Å². The molecule has 10 N–H and O–H groups in total. The smallest absolute Gasteiger partial charge is 0.0745 e. The van der Waals surface area contributed by atoms with Crippen LogP contribution in [0.4, 0.5) is 22.7 Å². The van der Waals surface area contributed by atoms with E-state index in [9.17, 15) is 0 Å². The highest BCUT2D eigenvalue weighted by Gasteiger charge is 2.19. The molecule has 12 aromatic carbocycles. The van der Waals surface area contributed by atoms with Crippen molar-refractivity contribution in [1.82, 2.24) is 39.5 Å². The van der Waals surface area contributed by atoms with Crippen molar-refractivity contribution in [2.75, 3.05) is 150 Å². The first-order valence-electron chi connectivity index (χ1n) is 43.2. The van der Waals surface area contributed by atoms with E-state index in [2.05, 4.69) is 263 Å². The largest absolute Gasteiger partial charge is 0.412 e. The number of rotatable bonds is 36. The molecule has 16 rings (SSSR count). The summed E-state index contributed by atoms with van der Waals surface area (Å²) in [4.78, 5) is 29.0. The fourth-order valence-corrected chi connectivity index (χ4v) is 17.5. The lowest BCUT2D eigenvalue weighted by Crippen LogP contribution is -2.27. The fourth-order valence-electron chi connectivity index (χ4n) is 15.9. The van der Waals surface area contributed by atoms with Gasteiger partial charge in [0.25, 0.3) is 0 Å². The van der Waals surface area contributed by atoms with E-state index >= 15 is 0 Å². The maximum Gasteiger partial charge on any atom is 0.0745 e. The van der Waals surface area contributed by atoms with Crippen LogP contribution in [0.15, 0.2) is 267 Å². The Balaban J connectivity index is 0.000000593. The quantitative estimate of drug-likeness (QED) is 0.0164. The summed E-state index contributed by atoms with van der Waals surface area (Å²) in [6.07, 6.45) is 4.17. The van der Waals surface area contributed by atoms with E-state index in [1.54, 1.807) is 0 Å². The van der Waals surface area contributed by atoms with Gasteiger partial charge in [-0.15, -0.1) is 146 Å². The third kappa shape index (κ3) is 34.1. The van der Waals surface area contributed by atoms with Crippen molar-refractivity contribution >= 4 is 302 Å². The Hall–Kier alpha value is -7.12. The number of pyridine rings is 4. The Kier molecular flexibility index (Phi) is 59.0. The van der Waals surface area contributed by atoms with Crippen LogP contribution in [0.5, 0.6) is 0 Å². The minimum atomic E-state index is 0. The monoisotopic (exact) mass is 2150 g/mol. The average molecular weight is 2160 g/mol. The zero-order chi connectivity index (χ0) is 86.5. The Morgan fingerprint density at radius 1 is 0.215 bits per heavy atom. The lowest BCUT2D eigenvalue weighted by atomic mass is 10.0. The zero-order valence-electron chi connectivity index (χ0n) is 75.7. The molecule has 0 aliphatic carbocycles. The normalized spacial score (nSPS) is 10.5. The first-order valence-corrected chi connectivity index (χ1v) is 46.8. The van der Waals surface area contributed by atoms with Gasteiger partial charge in [-0.25, -0.2) is 19.9 Å². The molecule has 15 nitrogen and oxygen atoms in total. The van der Waals surface area contributed by atoms with Gasteiger partial charge in [0.1, 0.15) is 0 Å². The topological polar surface area (TPSA) is 207 Å². The minimum absolute atomic E-state index is 0. The van der Waals surface area contributed by atoms with E-state index in [0.717, 1.165) is 240 Å².